The summed E-state index contributed by atoms with van der Waals surface area (Å²) in [5, 5.41) is 9.33. The molecule has 18 heavy (non-hydrogen) atoms. The Bertz CT molecular complexity index is 560. The van der Waals surface area contributed by atoms with Gasteiger partial charge in [0.05, 0.1) is 7.11 Å². The highest BCUT2D eigenvalue weighted by Crippen LogP contribution is 2.36. The van der Waals surface area contributed by atoms with Gasteiger partial charge in [0.1, 0.15) is 11.4 Å². The molecule has 1 aromatic heterocycles. The molecule has 0 fully saturated rings. The first-order valence-corrected chi connectivity index (χ1v) is 5.34. The molecule has 0 bridgehead atoms. The summed E-state index contributed by atoms with van der Waals surface area (Å²) < 4.78 is 43.5. The number of aliphatic hydroxyl groups is 1. The molecule has 2 rings (SSSR count). The maximum Gasteiger partial charge on any atom is 0.431 e. The number of hydrogen-bond donors (Lipinski definition) is 2. The van der Waals surface area contributed by atoms with Crippen LogP contribution in [0.5, 0.6) is 5.75 Å². The van der Waals surface area contributed by atoms with Crippen LogP contribution in [-0.2, 0) is 12.6 Å². The molecule has 0 radical (unpaired) electrons. The summed E-state index contributed by atoms with van der Waals surface area (Å²) in [6, 6.07) is 4.65. The van der Waals surface area contributed by atoms with E-state index in [0.717, 1.165) is 0 Å². The zero-order valence-corrected chi connectivity index (χ0v) is 9.64. The van der Waals surface area contributed by atoms with Crippen LogP contribution in [0.1, 0.15) is 11.3 Å². The van der Waals surface area contributed by atoms with Crippen LogP contribution in [0.3, 0.4) is 0 Å². The Labute approximate surface area is 101 Å². The van der Waals surface area contributed by atoms with Crippen molar-refractivity contribution in [2.45, 2.75) is 12.6 Å². The van der Waals surface area contributed by atoms with Crippen molar-refractivity contribution in [3.05, 3.63) is 29.5 Å². The predicted octanol–water partition coefficient (Wildman–Crippen LogP) is 2.73. The molecule has 0 aliphatic heterocycles. The van der Waals surface area contributed by atoms with Crippen LogP contribution in [0.2, 0.25) is 0 Å². The molecule has 0 aliphatic rings. The second-order valence-electron chi connectivity index (χ2n) is 3.86. The molecule has 6 heteroatoms. The fourth-order valence-electron chi connectivity index (χ4n) is 1.97. The van der Waals surface area contributed by atoms with E-state index in [1.807, 2.05) is 0 Å². The number of aromatic nitrogens is 1. The Hall–Kier alpha value is -1.69. The summed E-state index contributed by atoms with van der Waals surface area (Å²) in [5.74, 6) is 0.481. The number of H-pyrrole nitrogens is 1. The Morgan fingerprint density at radius 2 is 2.06 bits per heavy atom. The minimum atomic E-state index is -4.46. The number of aliphatic hydroxyl groups excluding tert-OH is 1. The first-order chi connectivity index (χ1) is 8.47. The van der Waals surface area contributed by atoms with Crippen molar-refractivity contribution in [1.82, 2.24) is 4.98 Å². The number of nitrogens with one attached hydrogen (secondary N) is 1. The first kappa shape index (κ1) is 12.8. The number of rotatable bonds is 3. The molecule has 0 aliphatic carbocycles. The van der Waals surface area contributed by atoms with Crippen LogP contribution in [0.15, 0.2) is 18.2 Å². The summed E-state index contributed by atoms with van der Waals surface area (Å²) in [6.45, 7) is -0.340. The standard InChI is InChI=1S/C12H12F3NO2/c1-18-7-2-3-10-9(6-7)8(4-5-17)11(16-10)12(13,14)15/h2-3,6,16-17H,4-5H2,1H3. The van der Waals surface area contributed by atoms with Crippen LogP contribution in [0.25, 0.3) is 10.9 Å². The third-order valence-corrected chi connectivity index (χ3v) is 2.76. The van der Waals surface area contributed by atoms with Crippen molar-refractivity contribution in [1.29, 1.82) is 0 Å². The minimum absolute atomic E-state index is 0.0536. The molecule has 0 spiro atoms. The smallest absolute Gasteiger partial charge is 0.431 e. The van der Waals surface area contributed by atoms with Gasteiger partial charge in [-0.2, -0.15) is 13.2 Å². The second kappa shape index (κ2) is 4.53. The van der Waals surface area contributed by atoms with E-state index in [1.54, 1.807) is 6.07 Å². The molecule has 2 aromatic rings. The lowest BCUT2D eigenvalue weighted by Gasteiger charge is -2.07. The number of methoxy groups -OCH3 is 1. The fourth-order valence-corrected chi connectivity index (χ4v) is 1.97. The van der Waals surface area contributed by atoms with E-state index >= 15 is 0 Å². The maximum atomic E-state index is 12.8. The lowest BCUT2D eigenvalue weighted by atomic mass is 10.1. The number of halogens is 3. The SMILES string of the molecule is COc1ccc2[nH]c(C(F)(F)F)c(CCO)c2c1. The maximum absolute atomic E-state index is 12.8. The monoisotopic (exact) mass is 259 g/mol. The van der Waals surface area contributed by atoms with E-state index < -0.39 is 11.9 Å². The predicted molar refractivity (Wildman–Crippen MR) is 60.6 cm³/mol. The minimum Gasteiger partial charge on any atom is -0.497 e. The largest absolute Gasteiger partial charge is 0.497 e. The van der Waals surface area contributed by atoms with Gasteiger partial charge >= 0.3 is 6.18 Å². The number of benzene rings is 1. The molecule has 3 nitrogen and oxygen atoms in total. The van der Waals surface area contributed by atoms with E-state index in [9.17, 15) is 13.2 Å². The molecular weight excluding hydrogens is 247 g/mol. The average molecular weight is 259 g/mol. The molecule has 0 unspecified atom stereocenters. The van der Waals surface area contributed by atoms with E-state index in [0.29, 0.717) is 16.7 Å². The molecule has 0 atom stereocenters. The first-order valence-electron chi connectivity index (χ1n) is 5.34. The Kier molecular flexibility index (Phi) is 3.21. The van der Waals surface area contributed by atoms with Crippen LogP contribution in [0, 0.1) is 0 Å². The second-order valence-corrected chi connectivity index (χ2v) is 3.86. The molecule has 0 amide bonds. The van der Waals surface area contributed by atoms with Gasteiger partial charge in [-0.05, 0) is 30.2 Å². The fraction of sp³-hybridized carbons (Fsp3) is 0.333. The van der Waals surface area contributed by atoms with Crippen LogP contribution >= 0.6 is 0 Å². The van der Waals surface area contributed by atoms with Gasteiger partial charge in [-0.3, -0.25) is 0 Å². The number of ether oxygens (including phenoxy) is 1. The van der Waals surface area contributed by atoms with Gasteiger partial charge in [-0.1, -0.05) is 0 Å². The van der Waals surface area contributed by atoms with Gasteiger partial charge < -0.3 is 14.8 Å². The van der Waals surface area contributed by atoms with E-state index in [-0.39, 0.29) is 18.6 Å². The third kappa shape index (κ3) is 2.15. The molecule has 0 saturated carbocycles. The van der Waals surface area contributed by atoms with Crippen molar-refractivity contribution in [2.24, 2.45) is 0 Å². The summed E-state index contributed by atoms with van der Waals surface area (Å²) in [7, 11) is 1.45. The Morgan fingerprint density at radius 1 is 1.33 bits per heavy atom. The normalized spacial score (nSPS) is 12.1. The highest BCUT2D eigenvalue weighted by Gasteiger charge is 2.36. The van der Waals surface area contributed by atoms with Crippen molar-refractivity contribution < 1.29 is 23.0 Å². The van der Waals surface area contributed by atoms with Gasteiger partial charge in [0.2, 0.25) is 0 Å². The van der Waals surface area contributed by atoms with E-state index in [4.69, 9.17) is 9.84 Å². The summed E-state index contributed by atoms with van der Waals surface area (Å²) in [5.41, 5.74) is -0.356. The molecule has 1 heterocycles. The lowest BCUT2D eigenvalue weighted by molar-refractivity contribution is -0.141. The van der Waals surface area contributed by atoms with Crippen molar-refractivity contribution in [2.75, 3.05) is 13.7 Å². The third-order valence-electron chi connectivity index (χ3n) is 2.76. The van der Waals surface area contributed by atoms with E-state index in [2.05, 4.69) is 4.98 Å². The molecular formula is C12H12F3NO2. The van der Waals surface area contributed by atoms with Crippen LogP contribution < -0.4 is 4.74 Å². The highest BCUT2D eigenvalue weighted by molar-refractivity contribution is 5.86. The van der Waals surface area contributed by atoms with Gasteiger partial charge in [0.15, 0.2) is 0 Å². The number of fused-ring (bicyclic) bond motifs is 1. The quantitative estimate of drug-likeness (QED) is 0.890. The van der Waals surface area contributed by atoms with Gasteiger partial charge in [-0.15, -0.1) is 0 Å². The summed E-state index contributed by atoms with van der Waals surface area (Å²) in [4.78, 5) is 2.35. The van der Waals surface area contributed by atoms with Gasteiger partial charge in [0.25, 0.3) is 0 Å². The molecule has 0 saturated heterocycles. The Morgan fingerprint density at radius 3 is 2.61 bits per heavy atom. The number of aromatic amines is 1. The van der Waals surface area contributed by atoms with Gasteiger partial charge in [-0.25, -0.2) is 0 Å². The zero-order chi connectivity index (χ0) is 13.3. The summed E-state index contributed by atoms with van der Waals surface area (Å²) >= 11 is 0. The highest BCUT2D eigenvalue weighted by atomic mass is 19.4. The van der Waals surface area contributed by atoms with Crippen molar-refractivity contribution >= 4 is 10.9 Å². The zero-order valence-electron chi connectivity index (χ0n) is 9.64. The molecule has 1 aromatic carbocycles. The van der Waals surface area contributed by atoms with Gasteiger partial charge in [0, 0.05) is 17.5 Å². The summed E-state index contributed by atoms with van der Waals surface area (Å²) in [6.07, 6.45) is -4.52. The van der Waals surface area contributed by atoms with Crippen LogP contribution in [-0.4, -0.2) is 23.8 Å². The van der Waals surface area contributed by atoms with Crippen molar-refractivity contribution in [3.63, 3.8) is 0 Å². The molecule has 2 N–H and O–H groups in total. The van der Waals surface area contributed by atoms with Crippen molar-refractivity contribution in [3.8, 4) is 5.75 Å². The van der Waals surface area contributed by atoms with Crippen LogP contribution in [0.4, 0.5) is 13.2 Å². The average Bonchev–Trinajstić information content (AvgIpc) is 2.68. The number of alkyl halides is 3. The topological polar surface area (TPSA) is 45.2 Å². The van der Waals surface area contributed by atoms with E-state index in [1.165, 1.54) is 19.2 Å². The molecule has 98 valence electrons. The Balaban J connectivity index is 2.68. The number of hydrogen-bond acceptors (Lipinski definition) is 2. The lowest BCUT2D eigenvalue weighted by Crippen LogP contribution is -2.09.